The number of aromatic nitrogens is 1. The van der Waals surface area contributed by atoms with Crippen LogP contribution in [-0.4, -0.2) is 41.5 Å². The molecule has 0 saturated carbocycles. The van der Waals surface area contributed by atoms with Gasteiger partial charge in [0.25, 0.3) is 5.91 Å². The van der Waals surface area contributed by atoms with E-state index in [2.05, 4.69) is 24.1 Å². The predicted molar refractivity (Wildman–Crippen MR) is 74.2 cm³/mol. The lowest BCUT2D eigenvalue weighted by atomic mass is 10.2. The van der Waals surface area contributed by atoms with Crippen LogP contribution in [0.25, 0.3) is 0 Å². The second kappa shape index (κ2) is 5.80. The number of hydrogen-bond donors (Lipinski definition) is 1. The zero-order chi connectivity index (χ0) is 13.1. The molecular formula is C13H21N3OS. The summed E-state index contributed by atoms with van der Waals surface area (Å²) >= 11 is 1.57. The van der Waals surface area contributed by atoms with Gasteiger partial charge in [-0.1, -0.05) is 6.92 Å². The minimum Gasteiger partial charge on any atom is -0.333 e. The standard InChI is InChI=1S/C13H21N3OS/c1-4-5-11-15-10(3)12(18-11)13(17)16-7-6-14-8-9(16)2/h9,14H,4-8H2,1-3H3/t9-/m0/s1. The summed E-state index contributed by atoms with van der Waals surface area (Å²) in [5, 5.41) is 4.39. The Balaban J connectivity index is 2.17. The third-order valence-corrected chi connectivity index (χ3v) is 4.47. The van der Waals surface area contributed by atoms with Crippen molar-refractivity contribution in [2.45, 2.75) is 39.7 Å². The number of aryl methyl sites for hydroxylation is 2. The van der Waals surface area contributed by atoms with E-state index in [1.54, 1.807) is 11.3 Å². The van der Waals surface area contributed by atoms with E-state index in [0.717, 1.165) is 48.1 Å². The van der Waals surface area contributed by atoms with Crippen LogP contribution in [0.1, 0.15) is 40.6 Å². The molecular weight excluding hydrogens is 246 g/mol. The highest BCUT2D eigenvalue weighted by atomic mass is 32.1. The number of nitrogens with one attached hydrogen (secondary N) is 1. The monoisotopic (exact) mass is 267 g/mol. The molecule has 1 aromatic rings. The maximum atomic E-state index is 12.5. The van der Waals surface area contributed by atoms with E-state index < -0.39 is 0 Å². The van der Waals surface area contributed by atoms with E-state index in [1.165, 1.54) is 0 Å². The van der Waals surface area contributed by atoms with Crippen molar-refractivity contribution >= 4 is 17.2 Å². The zero-order valence-corrected chi connectivity index (χ0v) is 12.1. The predicted octanol–water partition coefficient (Wildman–Crippen LogP) is 1.84. The summed E-state index contributed by atoms with van der Waals surface area (Å²) < 4.78 is 0. The molecule has 0 unspecified atom stereocenters. The third-order valence-electron chi connectivity index (χ3n) is 3.26. The average Bonchev–Trinajstić information content (AvgIpc) is 2.71. The van der Waals surface area contributed by atoms with Crippen LogP contribution in [-0.2, 0) is 6.42 Å². The first-order valence-corrected chi connectivity index (χ1v) is 7.43. The molecule has 2 heterocycles. The summed E-state index contributed by atoms with van der Waals surface area (Å²) in [4.78, 5) is 19.8. The highest BCUT2D eigenvalue weighted by Crippen LogP contribution is 2.22. The summed E-state index contributed by atoms with van der Waals surface area (Å²) in [7, 11) is 0. The Kier molecular flexibility index (Phi) is 4.35. The van der Waals surface area contributed by atoms with Crippen molar-refractivity contribution < 1.29 is 4.79 Å². The van der Waals surface area contributed by atoms with Crippen molar-refractivity contribution in [1.82, 2.24) is 15.2 Å². The largest absolute Gasteiger partial charge is 0.333 e. The van der Waals surface area contributed by atoms with Gasteiger partial charge in [0.15, 0.2) is 0 Å². The maximum Gasteiger partial charge on any atom is 0.266 e. The molecule has 1 N–H and O–H groups in total. The van der Waals surface area contributed by atoms with Crippen molar-refractivity contribution in [2.75, 3.05) is 19.6 Å². The summed E-state index contributed by atoms with van der Waals surface area (Å²) in [6, 6.07) is 0.266. The molecule has 0 radical (unpaired) electrons. The first kappa shape index (κ1) is 13.5. The molecule has 5 heteroatoms. The molecule has 1 aliphatic heterocycles. The number of piperazine rings is 1. The Morgan fingerprint density at radius 1 is 1.61 bits per heavy atom. The second-order valence-electron chi connectivity index (χ2n) is 4.82. The Labute approximate surface area is 112 Å². The van der Waals surface area contributed by atoms with Crippen LogP contribution in [0.3, 0.4) is 0 Å². The van der Waals surface area contributed by atoms with Gasteiger partial charge in [-0.15, -0.1) is 11.3 Å². The molecule has 1 saturated heterocycles. The topological polar surface area (TPSA) is 45.2 Å². The van der Waals surface area contributed by atoms with Crippen LogP contribution in [0.4, 0.5) is 0 Å². The minimum absolute atomic E-state index is 0.154. The van der Waals surface area contributed by atoms with Gasteiger partial charge in [0, 0.05) is 25.7 Å². The molecule has 1 aliphatic rings. The van der Waals surface area contributed by atoms with E-state index >= 15 is 0 Å². The fourth-order valence-electron chi connectivity index (χ4n) is 2.24. The molecule has 0 aliphatic carbocycles. The number of thiazole rings is 1. The van der Waals surface area contributed by atoms with Gasteiger partial charge in [-0.25, -0.2) is 4.98 Å². The molecule has 100 valence electrons. The fraction of sp³-hybridized carbons (Fsp3) is 0.692. The van der Waals surface area contributed by atoms with E-state index in [1.807, 2.05) is 11.8 Å². The highest BCUT2D eigenvalue weighted by Gasteiger charge is 2.26. The van der Waals surface area contributed by atoms with Crippen molar-refractivity contribution in [3.05, 3.63) is 15.6 Å². The van der Waals surface area contributed by atoms with E-state index in [-0.39, 0.29) is 11.9 Å². The molecule has 4 nitrogen and oxygen atoms in total. The summed E-state index contributed by atoms with van der Waals surface area (Å²) in [6.45, 7) is 8.72. The fourth-order valence-corrected chi connectivity index (χ4v) is 3.37. The Bertz CT molecular complexity index is 430. The maximum absolute atomic E-state index is 12.5. The zero-order valence-electron chi connectivity index (χ0n) is 11.3. The molecule has 18 heavy (non-hydrogen) atoms. The first-order chi connectivity index (χ1) is 8.63. The minimum atomic E-state index is 0.154. The number of nitrogens with zero attached hydrogens (tertiary/aromatic N) is 2. The number of carbonyl (C=O) groups is 1. The van der Waals surface area contributed by atoms with E-state index in [9.17, 15) is 4.79 Å². The van der Waals surface area contributed by atoms with Gasteiger partial charge >= 0.3 is 0 Å². The molecule has 0 spiro atoms. The normalized spacial score (nSPS) is 20.2. The number of amides is 1. The van der Waals surface area contributed by atoms with Gasteiger partial charge in [0.05, 0.1) is 10.7 Å². The lowest BCUT2D eigenvalue weighted by molar-refractivity contribution is 0.0660. The summed E-state index contributed by atoms with van der Waals surface area (Å²) in [5.74, 6) is 0.154. The molecule has 1 amide bonds. The molecule has 1 aromatic heterocycles. The number of carbonyl (C=O) groups excluding carboxylic acids is 1. The van der Waals surface area contributed by atoms with Gasteiger partial charge in [-0.2, -0.15) is 0 Å². The van der Waals surface area contributed by atoms with Crippen molar-refractivity contribution in [3.63, 3.8) is 0 Å². The molecule has 0 bridgehead atoms. The smallest absolute Gasteiger partial charge is 0.266 e. The quantitative estimate of drug-likeness (QED) is 0.909. The van der Waals surface area contributed by atoms with Crippen LogP contribution in [0.5, 0.6) is 0 Å². The number of hydrogen-bond acceptors (Lipinski definition) is 4. The summed E-state index contributed by atoms with van der Waals surface area (Å²) in [5.41, 5.74) is 0.888. The lowest BCUT2D eigenvalue weighted by Crippen LogP contribution is -2.52. The van der Waals surface area contributed by atoms with Crippen LogP contribution >= 0.6 is 11.3 Å². The SMILES string of the molecule is CCCc1nc(C)c(C(=O)N2CCNC[C@@H]2C)s1. The van der Waals surface area contributed by atoms with Gasteiger partial charge in [-0.3, -0.25) is 4.79 Å². The Hall–Kier alpha value is -0.940. The van der Waals surface area contributed by atoms with Crippen LogP contribution < -0.4 is 5.32 Å². The van der Waals surface area contributed by atoms with E-state index in [0.29, 0.717) is 0 Å². The lowest BCUT2D eigenvalue weighted by Gasteiger charge is -2.33. The van der Waals surface area contributed by atoms with Gasteiger partial charge in [-0.05, 0) is 26.7 Å². The average molecular weight is 267 g/mol. The Morgan fingerprint density at radius 2 is 2.39 bits per heavy atom. The summed E-state index contributed by atoms with van der Waals surface area (Å²) in [6.07, 6.45) is 2.04. The number of rotatable bonds is 3. The van der Waals surface area contributed by atoms with Crippen LogP contribution in [0.15, 0.2) is 0 Å². The molecule has 1 fully saturated rings. The second-order valence-corrected chi connectivity index (χ2v) is 5.91. The molecule has 0 aromatic carbocycles. The molecule has 1 atom stereocenters. The van der Waals surface area contributed by atoms with Gasteiger partial charge < -0.3 is 10.2 Å². The first-order valence-electron chi connectivity index (χ1n) is 6.61. The van der Waals surface area contributed by atoms with Crippen molar-refractivity contribution in [2.24, 2.45) is 0 Å². The van der Waals surface area contributed by atoms with Crippen LogP contribution in [0, 0.1) is 6.92 Å². The highest BCUT2D eigenvalue weighted by molar-refractivity contribution is 7.13. The van der Waals surface area contributed by atoms with Crippen molar-refractivity contribution in [3.8, 4) is 0 Å². The van der Waals surface area contributed by atoms with Gasteiger partial charge in [0.1, 0.15) is 4.88 Å². The molecule has 2 rings (SSSR count). The van der Waals surface area contributed by atoms with Gasteiger partial charge in [0.2, 0.25) is 0 Å². The van der Waals surface area contributed by atoms with Crippen LogP contribution in [0.2, 0.25) is 0 Å². The van der Waals surface area contributed by atoms with Crippen molar-refractivity contribution in [1.29, 1.82) is 0 Å². The Morgan fingerprint density at radius 3 is 3.06 bits per heavy atom. The van der Waals surface area contributed by atoms with E-state index in [4.69, 9.17) is 0 Å². The third kappa shape index (κ3) is 2.72.